The first-order valence-electron chi connectivity index (χ1n) is 7.72. The quantitative estimate of drug-likeness (QED) is 0.842. The largest absolute Gasteiger partial charge is 0.497 e. The molecule has 2 aromatic rings. The van der Waals surface area contributed by atoms with Crippen molar-refractivity contribution < 1.29 is 19.4 Å². The summed E-state index contributed by atoms with van der Waals surface area (Å²) in [5, 5.41) is 12.2. The molecule has 1 aliphatic carbocycles. The van der Waals surface area contributed by atoms with Gasteiger partial charge in [0.15, 0.2) is 0 Å². The number of amides is 1. The molecule has 0 aliphatic heterocycles. The maximum atomic E-state index is 12.5. The second kappa shape index (κ2) is 6.28. The Balaban J connectivity index is 1.72. The Morgan fingerprint density at radius 3 is 2.67 bits per heavy atom. The van der Waals surface area contributed by atoms with E-state index in [0.29, 0.717) is 5.56 Å². The molecule has 0 unspecified atom stereocenters. The molecule has 126 valence electrons. The molecule has 1 amide bonds. The van der Waals surface area contributed by atoms with Gasteiger partial charge in [0.25, 0.3) is 5.91 Å². The Hall–Kier alpha value is -2.34. The molecule has 0 atom stereocenters. The van der Waals surface area contributed by atoms with E-state index in [1.54, 1.807) is 14.0 Å². The Morgan fingerprint density at radius 2 is 2.08 bits per heavy atom. The third kappa shape index (κ3) is 3.43. The summed E-state index contributed by atoms with van der Waals surface area (Å²) in [6.45, 7) is 1.77. The Morgan fingerprint density at radius 1 is 1.33 bits per heavy atom. The molecule has 2 N–H and O–H groups in total. The van der Waals surface area contributed by atoms with Crippen molar-refractivity contribution in [1.29, 1.82) is 0 Å². The lowest BCUT2D eigenvalue weighted by atomic mass is 10.0. The molecule has 0 radical (unpaired) electrons. The van der Waals surface area contributed by atoms with E-state index in [9.17, 15) is 9.59 Å². The van der Waals surface area contributed by atoms with Gasteiger partial charge in [0.2, 0.25) is 0 Å². The van der Waals surface area contributed by atoms with Gasteiger partial charge in [0.05, 0.1) is 12.7 Å². The molecule has 1 aromatic heterocycles. The van der Waals surface area contributed by atoms with Gasteiger partial charge < -0.3 is 15.2 Å². The number of hydrogen-bond donors (Lipinski definition) is 2. The van der Waals surface area contributed by atoms with Crippen LogP contribution < -0.4 is 10.1 Å². The van der Waals surface area contributed by atoms with Crippen LogP contribution in [0.1, 0.15) is 43.3 Å². The van der Waals surface area contributed by atoms with Crippen LogP contribution in [0.3, 0.4) is 0 Å². The molecule has 1 fully saturated rings. The number of aromatic carboxylic acids is 1. The molecule has 0 bridgehead atoms. The zero-order valence-corrected chi connectivity index (χ0v) is 14.4. The van der Waals surface area contributed by atoms with Crippen molar-refractivity contribution in [2.24, 2.45) is 0 Å². The van der Waals surface area contributed by atoms with Crippen LogP contribution in [0, 0.1) is 6.92 Å². The van der Waals surface area contributed by atoms with E-state index in [1.165, 1.54) is 6.07 Å². The van der Waals surface area contributed by atoms with E-state index in [1.807, 2.05) is 24.3 Å². The minimum atomic E-state index is -1.00. The van der Waals surface area contributed by atoms with E-state index >= 15 is 0 Å². The fourth-order valence-electron chi connectivity index (χ4n) is 2.79. The van der Waals surface area contributed by atoms with E-state index in [4.69, 9.17) is 9.84 Å². The number of carboxylic acid groups (broad SMARTS) is 1. The number of ether oxygens (including phenoxy) is 1. The van der Waals surface area contributed by atoms with E-state index < -0.39 is 5.97 Å². The zero-order chi connectivity index (χ0) is 17.3. The van der Waals surface area contributed by atoms with Gasteiger partial charge in [-0.2, -0.15) is 0 Å². The second-order valence-corrected chi connectivity index (χ2v) is 7.40. The van der Waals surface area contributed by atoms with Crippen LogP contribution in [-0.2, 0) is 6.42 Å². The number of carbonyl (C=O) groups is 2. The first-order valence-corrected chi connectivity index (χ1v) is 8.53. The first-order chi connectivity index (χ1) is 11.4. The van der Waals surface area contributed by atoms with Gasteiger partial charge in [0.1, 0.15) is 10.6 Å². The van der Waals surface area contributed by atoms with Crippen LogP contribution in [0.2, 0.25) is 0 Å². The molecular formula is C18H19NO4S. The number of carboxylic acids is 1. The summed E-state index contributed by atoms with van der Waals surface area (Å²) in [6.07, 6.45) is 2.58. The van der Waals surface area contributed by atoms with Crippen molar-refractivity contribution in [3.05, 3.63) is 51.2 Å². The first kappa shape index (κ1) is 16.5. The standard InChI is InChI=1S/C18H19NO4S/c1-11-14(9-15(24-11)17(21)22)16(20)19-18(6-7-18)10-12-4-3-5-13(8-12)23-2/h3-5,8-9H,6-7,10H2,1-2H3,(H,19,20)(H,21,22). The Bertz CT molecular complexity index is 792. The number of aryl methyl sites for hydroxylation is 1. The highest BCUT2D eigenvalue weighted by molar-refractivity contribution is 7.14. The number of thiophene rings is 1. The number of rotatable bonds is 6. The van der Waals surface area contributed by atoms with Crippen LogP contribution in [0.25, 0.3) is 0 Å². The minimum Gasteiger partial charge on any atom is -0.497 e. The van der Waals surface area contributed by atoms with Gasteiger partial charge in [-0.1, -0.05) is 12.1 Å². The SMILES string of the molecule is COc1cccc(CC2(NC(=O)c3cc(C(=O)O)sc3C)CC2)c1. The highest BCUT2D eigenvalue weighted by Gasteiger charge is 2.44. The lowest BCUT2D eigenvalue weighted by Gasteiger charge is -2.18. The molecule has 1 aromatic carbocycles. The van der Waals surface area contributed by atoms with Crippen molar-refractivity contribution in [3.63, 3.8) is 0 Å². The number of hydrogen-bond acceptors (Lipinski definition) is 4. The maximum absolute atomic E-state index is 12.5. The van der Waals surface area contributed by atoms with Crippen LogP contribution >= 0.6 is 11.3 Å². The Labute approximate surface area is 144 Å². The van der Waals surface area contributed by atoms with Crippen molar-refractivity contribution in [1.82, 2.24) is 5.32 Å². The maximum Gasteiger partial charge on any atom is 0.345 e. The van der Waals surface area contributed by atoms with Crippen LogP contribution in [0.5, 0.6) is 5.75 Å². The average Bonchev–Trinajstić information content (AvgIpc) is 3.16. The van der Waals surface area contributed by atoms with E-state index in [-0.39, 0.29) is 16.3 Å². The second-order valence-electron chi connectivity index (χ2n) is 6.15. The molecule has 1 saturated carbocycles. The van der Waals surface area contributed by atoms with Crippen molar-refractivity contribution in [2.45, 2.75) is 31.7 Å². The molecule has 1 aliphatic rings. The molecular weight excluding hydrogens is 326 g/mol. The van der Waals surface area contributed by atoms with Gasteiger partial charge in [-0.15, -0.1) is 11.3 Å². The highest BCUT2D eigenvalue weighted by Crippen LogP contribution is 2.39. The monoisotopic (exact) mass is 345 g/mol. The normalized spacial score (nSPS) is 14.9. The summed E-state index contributed by atoms with van der Waals surface area (Å²) < 4.78 is 5.24. The van der Waals surface area contributed by atoms with Gasteiger partial charge >= 0.3 is 5.97 Å². The summed E-state index contributed by atoms with van der Waals surface area (Å²) in [5.41, 5.74) is 1.33. The molecule has 3 rings (SSSR count). The van der Waals surface area contributed by atoms with Gasteiger partial charge in [-0.3, -0.25) is 4.79 Å². The topological polar surface area (TPSA) is 75.6 Å². The van der Waals surface area contributed by atoms with Crippen LogP contribution in [0.15, 0.2) is 30.3 Å². The molecule has 24 heavy (non-hydrogen) atoms. The number of benzene rings is 1. The van der Waals surface area contributed by atoms with Crippen molar-refractivity contribution >= 4 is 23.2 Å². The van der Waals surface area contributed by atoms with E-state index in [2.05, 4.69) is 5.32 Å². The van der Waals surface area contributed by atoms with E-state index in [0.717, 1.165) is 46.8 Å². The third-order valence-electron chi connectivity index (χ3n) is 4.28. The van der Waals surface area contributed by atoms with Gasteiger partial charge in [-0.05, 0) is 49.9 Å². The van der Waals surface area contributed by atoms with Crippen LogP contribution in [0.4, 0.5) is 0 Å². The lowest BCUT2D eigenvalue weighted by Crippen LogP contribution is -2.38. The highest BCUT2D eigenvalue weighted by atomic mass is 32.1. The molecule has 1 heterocycles. The molecule has 0 saturated heterocycles. The predicted octanol–water partition coefficient (Wildman–Crippen LogP) is 3.27. The Kier molecular flexibility index (Phi) is 4.32. The average molecular weight is 345 g/mol. The zero-order valence-electron chi connectivity index (χ0n) is 13.6. The number of carbonyl (C=O) groups excluding carboxylic acids is 1. The fourth-order valence-corrected chi connectivity index (χ4v) is 3.65. The molecule has 6 heteroatoms. The summed E-state index contributed by atoms with van der Waals surface area (Å²) in [6, 6.07) is 9.29. The van der Waals surface area contributed by atoms with Crippen LogP contribution in [-0.4, -0.2) is 29.6 Å². The summed E-state index contributed by atoms with van der Waals surface area (Å²) >= 11 is 1.13. The van der Waals surface area contributed by atoms with Gasteiger partial charge in [0, 0.05) is 10.4 Å². The third-order valence-corrected chi connectivity index (χ3v) is 5.32. The summed E-state index contributed by atoms with van der Waals surface area (Å²) in [5.74, 6) is -0.397. The molecule has 0 spiro atoms. The predicted molar refractivity (Wildman–Crippen MR) is 92.1 cm³/mol. The van der Waals surface area contributed by atoms with Crippen molar-refractivity contribution in [2.75, 3.05) is 7.11 Å². The number of methoxy groups -OCH3 is 1. The lowest BCUT2D eigenvalue weighted by molar-refractivity contribution is 0.0702. The number of nitrogens with one attached hydrogen (secondary N) is 1. The summed E-state index contributed by atoms with van der Waals surface area (Å²) in [4.78, 5) is 24.5. The van der Waals surface area contributed by atoms with Gasteiger partial charge in [-0.25, -0.2) is 4.79 Å². The molecule has 5 nitrogen and oxygen atoms in total. The van der Waals surface area contributed by atoms with Crippen molar-refractivity contribution in [3.8, 4) is 5.75 Å². The minimum absolute atomic E-state index is 0.190. The fraction of sp³-hybridized carbons (Fsp3) is 0.333. The smallest absolute Gasteiger partial charge is 0.345 e. The summed E-state index contributed by atoms with van der Waals surface area (Å²) in [7, 11) is 1.63.